The Kier molecular flexibility index (Phi) is 4.16. The second-order valence-electron chi connectivity index (χ2n) is 5.10. The standard InChI is InChI=1S/C18H15N5/c1-13-5-7-15(8-6-13)22-17-10-18(21-12-20-17)23-16-4-2-3-14(9-16)11-19/h2-10,12H,1H3,(H2,20,21,22,23). The Morgan fingerprint density at radius 3 is 2.26 bits per heavy atom. The molecule has 0 atom stereocenters. The average molecular weight is 301 g/mol. The van der Waals surface area contributed by atoms with Crippen molar-refractivity contribution in [1.29, 1.82) is 5.26 Å². The molecule has 3 rings (SSSR count). The van der Waals surface area contributed by atoms with Gasteiger partial charge < -0.3 is 10.6 Å². The molecule has 1 aromatic heterocycles. The van der Waals surface area contributed by atoms with Gasteiger partial charge in [-0.15, -0.1) is 0 Å². The summed E-state index contributed by atoms with van der Waals surface area (Å²) in [6, 6.07) is 19.3. The van der Waals surface area contributed by atoms with Gasteiger partial charge in [0.2, 0.25) is 0 Å². The van der Waals surface area contributed by atoms with Crippen LogP contribution in [0.5, 0.6) is 0 Å². The predicted molar refractivity (Wildman–Crippen MR) is 90.9 cm³/mol. The summed E-state index contributed by atoms with van der Waals surface area (Å²) in [4.78, 5) is 8.42. The van der Waals surface area contributed by atoms with Gasteiger partial charge in [-0.2, -0.15) is 5.26 Å². The van der Waals surface area contributed by atoms with Gasteiger partial charge in [-0.25, -0.2) is 9.97 Å². The number of aryl methyl sites for hydroxylation is 1. The van der Waals surface area contributed by atoms with E-state index in [0.29, 0.717) is 17.2 Å². The van der Waals surface area contributed by atoms with Crippen LogP contribution in [0, 0.1) is 18.3 Å². The molecule has 0 aliphatic carbocycles. The summed E-state index contributed by atoms with van der Waals surface area (Å²) < 4.78 is 0. The zero-order chi connectivity index (χ0) is 16.1. The maximum atomic E-state index is 8.94. The van der Waals surface area contributed by atoms with E-state index in [9.17, 15) is 0 Å². The number of nitriles is 1. The van der Waals surface area contributed by atoms with Gasteiger partial charge in [0, 0.05) is 17.4 Å². The minimum atomic E-state index is 0.599. The Labute approximate surface area is 134 Å². The summed E-state index contributed by atoms with van der Waals surface area (Å²) in [5.74, 6) is 1.35. The lowest BCUT2D eigenvalue weighted by Crippen LogP contribution is -1.98. The Hall–Kier alpha value is -3.39. The van der Waals surface area contributed by atoms with Gasteiger partial charge in [-0.05, 0) is 37.3 Å². The van der Waals surface area contributed by atoms with Crippen LogP contribution in [0.1, 0.15) is 11.1 Å². The molecule has 0 bridgehead atoms. The highest BCUT2D eigenvalue weighted by Crippen LogP contribution is 2.20. The van der Waals surface area contributed by atoms with E-state index in [4.69, 9.17) is 5.26 Å². The summed E-state index contributed by atoms with van der Waals surface area (Å²) in [6.07, 6.45) is 1.49. The van der Waals surface area contributed by atoms with Crippen LogP contribution >= 0.6 is 0 Å². The molecule has 1 heterocycles. The minimum Gasteiger partial charge on any atom is -0.340 e. The largest absolute Gasteiger partial charge is 0.340 e. The molecule has 5 heteroatoms. The van der Waals surface area contributed by atoms with Crippen molar-refractivity contribution in [2.75, 3.05) is 10.6 Å². The first kappa shape index (κ1) is 14.5. The molecule has 0 radical (unpaired) electrons. The minimum absolute atomic E-state index is 0.599. The third kappa shape index (κ3) is 3.83. The lowest BCUT2D eigenvalue weighted by molar-refractivity contribution is 1.17. The molecule has 0 aliphatic rings. The Morgan fingerprint density at radius 2 is 1.57 bits per heavy atom. The average Bonchev–Trinajstić information content (AvgIpc) is 2.57. The van der Waals surface area contributed by atoms with Gasteiger partial charge in [0.25, 0.3) is 0 Å². The number of rotatable bonds is 4. The maximum absolute atomic E-state index is 8.94. The first-order valence-corrected chi connectivity index (χ1v) is 7.16. The molecule has 0 fully saturated rings. The number of hydrogen-bond acceptors (Lipinski definition) is 5. The number of anilines is 4. The second-order valence-corrected chi connectivity index (χ2v) is 5.10. The van der Waals surface area contributed by atoms with E-state index in [1.807, 2.05) is 49.4 Å². The fraction of sp³-hybridized carbons (Fsp3) is 0.0556. The van der Waals surface area contributed by atoms with Crippen molar-refractivity contribution < 1.29 is 0 Å². The molecule has 0 saturated carbocycles. The molecule has 0 saturated heterocycles. The molecule has 23 heavy (non-hydrogen) atoms. The van der Waals surface area contributed by atoms with Crippen molar-refractivity contribution in [2.24, 2.45) is 0 Å². The topological polar surface area (TPSA) is 73.6 Å². The summed E-state index contributed by atoms with van der Waals surface area (Å²) in [7, 11) is 0. The van der Waals surface area contributed by atoms with Crippen molar-refractivity contribution in [3.05, 3.63) is 72.1 Å². The summed E-state index contributed by atoms with van der Waals surface area (Å²) in [5, 5.41) is 15.4. The van der Waals surface area contributed by atoms with E-state index >= 15 is 0 Å². The molecule has 3 aromatic rings. The van der Waals surface area contributed by atoms with Crippen LogP contribution in [-0.4, -0.2) is 9.97 Å². The Bertz CT molecular complexity index is 850. The fourth-order valence-corrected chi connectivity index (χ4v) is 2.09. The molecule has 0 aliphatic heterocycles. The van der Waals surface area contributed by atoms with E-state index in [1.165, 1.54) is 11.9 Å². The predicted octanol–water partition coefficient (Wildman–Crippen LogP) is 4.14. The normalized spacial score (nSPS) is 9.91. The molecule has 5 nitrogen and oxygen atoms in total. The van der Waals surface area contributed by atoms with E-state index in [-0.39, 0.29) is 0 Å². The van der Waals surface area contributed by atoms with E-state index in [1.54, 1.807) is 12.1 Å². The highest BCUT2D eigenvalue weighted by atomic mass is 15.1. The van der Waals surface area contributed by atoms with E-state index in [2.05, 4.69) is 26.7 Å². The highest BCUT2D eigenvalue weighted by molar-refractivity contribution is 5.63. The molecule has 112 valence electrons. The third-order valence-electron chi connectivity index (χ3n) is 3.26. The molecule has 0 spiro atoms. The lowest BCUT2D eigenvalue weighted by atomic mass is 10.2. The zero-order valence-corrected chi connectivity index (χ0v) is 12.6. The molecule has 0 amide bonds. The maximum Gasteiger partial charge on any atom is 0.135 e. The molecule has 2 N–H and O–H groups in total. The van der Waals surface area contributed by atoms with Crippen LogP contribution < -0.4 is 10.6 Å². The van der Waals surface area contributed by atoms with Crippen molar-refractivity contribution >= 4 is 23.0 Å². The van der Waals surface area contributed by atoms with Gasteiger partial charge in [-0.3, -0.25) is 0 Å². The first-order chi connectivity index (χ1) is 11.2. The molecular weight excluding hydrogens is 286 g/mol. The van der Waals surface area contributed by atoms with E-state index in [0.717, 1.165) is 11.4 Å². The molecule has 2 aromatic carbocycles. The second kappa shape index (κ2) is 6.58. The van der Waals surface area contributed by atoms with Crippen molar-refractivity contribution in [1.82, 2.24) is 9.97 Å². The number of nitrogens with zero attached hydrogens (tertiary/aromatic N) is 3. The smallest absolute Gasteiger partial charge is 0.135 e. The van der Waals surface area contributed by atoms with Gasteiger partial charge in [0.15, 0.2) is 0 Å². The van der Waals surface area contributed by atoms with Gasteiger partial charge >= 0.3 is 0 Å². The van der Waals surface area contributed by atoms with Crippen molar-refractivity contribution in [3.63, 3.8) is 0 Å². The van der Waals surface area contributed by atoms with Crippen LogP contribution in [0.2, 0.25) is 0 Å². The van der Waals surface area contributed by atoms with Crippen LogP contribution in [0.4, 0.5) is 23.0 Å². The fourth-order valence-electron chi connectivity index (χ4n) is 2.09. The number of aromatic nitrogens is 2. The van der Waals surface area contributed by atoms with E-state index < -0.39 is 0 Å². The Balaban J connectivity index is 1.77. The summed E-state index contributed by atoms with van der Waals surface area (Å²) >= 11 is 0. The quantitative estimate of drug-likeness (QED) is 0.757. The number of nitrogens with one attached hydrogen (secondary N) is 2. The zero-order valence-electron chi connectivity index (χ0n) is 12.6. The molecule has 0 unspecified atom stereocenters. The van der Waals surface area contributed by atoms with Gasteiger partial charge in [0.1, 0.15) is 18.0 Å². The number of benzene rings is 2. The van der Waals surface area contributed by atoms with Gasteiger partial charge in [0.05, 0.1) is 11.6 Å². The number of hydrogen-bond donors (Lipinski definition) is 2. The van der Waals surface area contributed by atoms with Crippen molar-refractivity contribution in [2.45, 2.75) is 6.92 Å². The molecular formula is C18H15N5. The SMILES string of the molecule is Cc1ccc(Nc2cc(Nc3cccc(C#N)c3)ncn2)cc1. The monoisotopic (exact) mass is 301 g/mol. The van der Waals surface area contributed by atoms with Crippen LogP contribution in [0.3, 0.4) is 0 Å². The first-order valence-electron chi connectivity index (χ1n) is 7.16. The van der Waals surface area contributed by atoms with Crippen LogP contribution in [0.25, 0.3) is 0 Å². The van der Waals surface area contributed by atoms with Crippen LogP contribution in [-0.2, 0) is 0 Å². The highest BCUT2D eigenvalue weighted by Gasteiger charge is 2.01. The van der Waals surface area contributed by atoms with Crippen LogP contribution in [0.15, 0.2) is 60.9 Å². The lowest BCUT2D eigenvalue weighted by Gasteiger charge is -2.09. The third-order valence-corrected chi connectivity index (χ3v) is 3.26. The summed E-state index contributed by atoms with van der Waals surface area (Å²) in [5.41, 5.74) is 3.58. The van der Waals surface area contributed by atoms with Gasteiger partial charge in [-0.1, -0.05) is 23.8 Å². The Morgan fingerprint density at radius 1 is 0.870 bits per heavy atom. The van der Waals surface area contributed by atoms with Crippen molar-refractivity contribution in [3.8, 4) is 6.07 Å². The summed E-state index contributed by atoms with van der Waals surface area (Å²) in [6.45, 7) is 2.05.